The van der Waals surface area contributed by atoms with E-state index in [1.54, 1.807) is 12.1 Å². The van der Waals surface area contributed by atoms with Gasteiger partial charge in [0.15, 0.2) is 0 Å². The number of carbonyl (C=O) groups excluding carboxylic acids is 1. The molecule has 102 valence electrons. The van der Waals surface area contributed by atoms with Gasteiger partial charge in [0.05, 0.1) is 4.88 Å². The Morgan fingerprint density at radius 1 is 1.53 bits per heavy atom. The van der Waals surface area contributed by atoms with Crippen LogP contribution in [0.4, 0.5) is 0 Å². The van der Waals surface area contributed by atoms with Gasteiger partial charge < -0.3 is 15.3 Å². The summed E-state index contributed by atoms with van der Waals surface area (Å²) in [6.45, 7) is 1.88. The van der Waals surface area contributed by atoms with E-state index in [1.165, 1.54) is 17.4 Å². The number of nitrogens with zero attached hydrogens (tertiary/aromatic N) is 1. The van der Waals surface area contributed by atoms with Gasteiger partial charge in [-0.25, -0.2) is 4.79 Å². The minimum absolute atomic E-state index is 0.0831. The lowest BCUT2D eigenvalue weighted by Crippen LogP contribution is -2.36. The van der Waals surface area contributed by atoms with Crippen LogP contribution in [0.3, 0.4) is 0 Å². The highest BCUT2D eigenvalue weighted by molar-refractivity contribution is 7.14. The summed E-state index contributed by atoms with van der Waals surface area (Å²) in [6.07, 6.45) is 3.53. The van der Waals surface area contributed by atoms with Gasteiger partial charge in [0, 0.05) is 23.5 Å². The van der Waals surface area contributed by atoms with Crippen molar-refractivity contribution in [2.75, 3.05) is 20.1 Å². The van der Waals surface area contributed by atoms with Crippen LogP contribution in [0.2, 0.25) is 0 Å². The number of rotatable bonds is 4. The molecule has 0 radical (unpaired) electrons. The Hall–Kier alpha value is -1.66. The van der Waals surface area contributed by atoms with Crippen LogP contribution in [0.15, 0.2) is 18.2 Å². The first-order valence-corrected chi connectivity index (χ1v) is 6.86. The van der Waals surface area contributed by atoms with Crippen LogP contribution in [-0.2, 0) is 4.79 Å². The number of thiophene rings is 1. The van der Waals surface area contributed by atoms with E-state index in [0.29, 0.717) is 4.88 Å². The van der Waals surface area contributed by atoms with Crippen LogP contribution in [0, 0.1) is 0 Å². The first-order chi connectivity index (χ1) is 9.04. The fraction of sp³-hybridized carbons (Fsp3) is 0.385. The molecule has 5 nitrogen and oxygen atoms in total. The monoisotopic (exact) mass is 280 g/mol. The number of carboxylic acids is 1. The summed E-state index contributed by atoms with van der Waals surface area (Å²) in [4.78, 5) is 26.0. The van der Waals surface area contributed by atoms with Crippen LogP contribution in [0.1, 0.15) is 21.0 Å². The predicted molar refractivity (Wildman–Crippen MR) is 74.4 cm³/mol. The highest BCUT2D eigenvalue weighted by Gasteiger charge is 2.21. The number of hydrogen-bond donors (Lipinski definition) is 2. The lowest BCUT2D eigenvalue weighted by atomic mass is 10.2. The van der Waals surface area contributed by atoms with E-state index >= 15 is 0 Å². The molecule has 1 saturated heterocycles. The van der Waals surface area contributed by atoms with Crippen molar-refractivity contribution < 1.29 is 14.7 Å². The highest BCUT2D eigenvalue weighted by Crippen LogP contribution is 2.18. The summed E-state index contributed by atoms with van der Waals surface area (Å²) in [6, 6.07) is 3.68. The van der Waals surface area contributed by atoms with Crippen LogP contribution in [0.5, 0.6) is 0 Å². The molecule has 0 aromatic carbocycles. The van der Waals surface area contributed by atoms with Crippen molar-refractivity contribution in [2.24, 2.45) is 0 Å². The van der Waals surface area contributed by atoms with E-state index in [4.69, 9.17) is 5.11 Å². The summed E-state index contributed by atoms with van der Waals surface area (Å²) in [5.74, 6) is -1.08. The molecule has 1 unspecified atom stereocenters. The van der Waals surface area contributed by atoms with Crippen molar-refractivity contribution in [2.45, 2.75) is 12.5 Å². The number of hydrogen-bond acceptors (Lipinski definition) is 4. The van der Waals surface area contributed by atoms with E-state index in [1.807, 2.05) is 7.05 Å². The molecule has 2 N–H and O–H groups in total. The number of likely N-dealkylation sites (tertiary alicyclic amines) is 1. The zero-order valence-electron chi connectivity index (χ0n) is 10.6. The minimum atomic E-state index is -0.992. The Bertz CT molecular complexity index is 510. The number of amides is 1. The molecule has 1 aliphatic heterocycles. The van der Waals surface area contributed by atoms with Gasteiger partial charge in [-0.2, -0.15) is 0 Å². The lowest BCUT2D eigenvalue weighted by molar-refractivity contribution is -0.131. The summed E-state index contributed by atoms with van der Waals surface area (Å²) in [5, 5.41) is 11.5. The van der Waals surface area contributed by atoms with Crippen molar-refractivity contribution in [1.82, 2.24) is 10.2 Å². The van der Waals surface area contributed by atoms with Gasteiger partial charge in [0.25, 0.3) is 5.91 Å². The second-order valence-corrected chi connectivity index (χ2v) is 5.71. The topological polar surface area (TPSA) is 69.6 Å². The molecule has 1 amide bonds. The fourth-order valence-corrected chi connectivity index (χ4v) is 2.84. The van der Waals surface area contributed by atoms with Crippen LogP contribution >= 0.6 is 11.3 Å². The van der Waals surface area contributed by atoms with Crippen molar-refractivity contribution in [3.05, 3.63) is 28.0 Å². The average Bonchev–Trinajstić information content (AvgIpc) is 2.95. The number of carbonyl (C=O) groups is 2. The largest absolute Gasteiger partial charge is 0.478 e. The molecule has 2 rings (SSSR count). The zero-order chi connectivity index (χ0) is 13.8. The van der Waals surface area contributed by atoms with Gasteiger partial charge in [0.1, 0.15) is 0 Å². The molecule has 0 aliphatic carbocycles. The van der Waals surface area contributed by atoms with Gasteiger partial charge in [-0.1, -0.05) is 0 Å². The molecule has 6 heteroatoms. The highest BCUT2D eigenvalue weighted by atomic mass is 32.1. The second-order valence-electron chi connectivity index (χ2n) is 4.59. The molecular formula is C13H16N2O3S. The molecule has 1 aliphatic rings. The van der Waals surface area contributed by atoms with Gasteiger partial charge in [-0.3, -0.25) is 4.79 Å². The molecular weight excluding hydrogens is 264 g/mol. The summed E-state index contributed by atoms with van der Waals surface area (Å²) in [7, 11) is 2.03. The van der Waals surface area contributed by atoms with Crippen LogP contribution in [-0.4, -0.2) is 48.1 Å². The maximum atomic E-state index is 12.0. The van der Waals surface area contributed by atoms with E-state index in [9.17, 15) is 9.59 Å². The number of likely N-dealkylation sites (N-methyl/N-ethyl adjacent to an activating group) is 1. The Kier molecular flexibility index (Phi) is 4.34. The average molecular weight is 280 g/mol. The van der Waals surface area contributed by atoms with Gasteiger partial charge in [0.2, 0.25) is 0 Å². The van der Waals surface area contributed by atoms with Gasteiger partial charge in [-0.15, -0.1) is 11.3 Å². The number of carboxylic acid groups (broad SMARTS) is 1. The molecule has 1 aromatic heterocycles. The zero-order valence-corrected chi connectivity index (χ0v) is 11.4. The maximum Gasteiger partial charge on any atom is 0.328 e. The molecule has 0 spiro atoms. The standard InChI is InChI=1S/C13H16N2O3S/c1-15-7-6-9(8-15)14-13(18)11-4-2-10(19-11)3-5-12(16)17/h2-5,9H,6-8H2,1H3,(H,14,18)(H,16,17)/b5-3+. The maximum absolute atomic E-state index is 12.0. The SMILES string of the molecule is CN1CCC(NC(=O)c2ccc(/C=C/C(=O)O)s2)C1. The van der Waals surface area contributed by atoms with Crippen molar-refractivity contribution >= 4 is 29.3 Å². The van der Waals surface area contributed by atoms with Gasteiger partial charge >= 0.3 is 5.97 Å². The van der Waals surface area contributed by atoms with E-state index in [2.05, 4.69) is 10.2 Å². The van der Waals surface area contributed by atoms with Crippen LogP contribution < -0.4 is 5.32 Å². The Morgan fingerprint density at radius 3 is 2.95 bits per heavy atom. The Balaban J connectivity index is 1.94. The van der Waals surface area contributed by atoms with E-state index < -0.39 is 5.97 Å². The summed E-state index contributed by atoms with van der Waals surface area (Å²) >= 11 is 1.29. The fourth-order valence-electron chi connectivity index (χ4n) is 2.03. The van der Waals surface area contributed by atoms with Crippen LogP contribution in [0.25, 0.3) is 6.08 Å². The van der Waals surface area contributed by atoms with Crippen molar-refractivity contribution in [3.8, 4) is 0 Å². The Morgan fingerprint density at radius 2 is 2.32 bits per heavy atom. The molecule has 1 fully saturated rings. The predicted octanol–water partition coefficient (Wildman–Crippen LogP) is 1.28. The van der Waals surface area contributed by atoms with Gasteiger partial charge in [-0.05, 0) is 38.2 Å². The molecule has 19 heavy (non-hydrogen) atoms. The molecule has 0 saturated carbocycles. The molecule has 2 heterocycles. The molecule has 0 bridgehead atoms. The second kappa shape index (κ2) is 5.99. The van der Waals surface area contributed by atoms with Crippen molar-refractivity contribution in [3.63, 3.8) is 0 Å². The number of nitrogens with one attached hydrogen (secondary N) is 1. The number of aliphatic carboxylic acids is 1. The quantitative estimate of drug-likeness (QED) is 0.815. The third-order valence-electron chi connectivity index (χ3n) is 2.97. The normalized spacial score (nSPS) is 19.9. The summed E-state index contributed by atoms with van der Waals surface area (Å²) < 4.78 is 0. The first-order valence-electron chi connectivity index (χ1n) is 6.05. The first kappa shape index (κ1) is 13.8. The third-order valence-corrected chi connectivity index (χ3v) is 4.02. The third kappa shape index (κ3) is 3.90. The smallest absolute Gasteiger partial charge is 0.328 e. The Labute approximate surface area is 115 Å². The minimum Gasteiger partial charge on any atom is -0.478 e. The van der Waals surface area contributed by atoms with E-state index in [-0.39, 0.29) is 11.9 Å². The van der Waals surface area contributed by atoms with Crippen molar-refractivity contribution in [1.29, 1.82) is 0 Å². The summed E-state index contributed by atoms with van der Waals surface area (Å²) in [5.41, 5.74) is 0. The molecule has 1 atom stereocenters. The molecule has 1 aromatic rings. The van der Waals surface area contributed by atoms with E-state index in [0.717, 1.165) is 30.5 Å². The lowest BCUT2D eigenvalue weighted by Gasteiger charge is -2.11.